The van der Waals surface area contributed by atoms with Crippen molar-refractivity contribution in [2.45, 2.75) is 51.7 Å². The maximum absolute atomic E-state index is 13.0. The highest BCUT2D eigenvalue weighted by molar-refractivity contribution is 5.89. The second-order valence-corrected chi connectivity index (χ2v) is 10.3. The maximum Gasteiger partial charge on any atom is 0.362 e. The molecule has 5 nitrogen and oxygen atoms in total. The molecule has 0 aromatic heterocycles. The molecule has 0 bridgehead atoms. The summed E-state index contributed by atoms with van der Waals surface area (Å²) in [7, 11) is 5.44. The van der Waals surface area contributed by atoms with Crippen molar-refractivity contribution in [3.05, 3.63) is 71.3 Å². The molecule has 3 rings (SSSR count). The van der Waals surface area contributed by atoms with Gasteiger partial charge in [-0.1, -0.05) is 62.7 Å². The minimum Gasteiger partial charge on any atom is -0.465 e. The number of benzene rings is 2. The van der Waals surface area contributed by atoms with Crippen molar-refractivity contribution in [1.29, 1.82) is 0 Å². The average Bonchev–Trinajstić information content (AvgIpc) is 2.78. The first-order valence-electron chi connectivity index (χ1n) is 11.9. The number of ether oxygens (including phenoxy) is 2. The summed E-state index contributed by atoms with van der Waals surface area (Å²) in [4.78, 5) is 24.7. The average molecular weight is 453 g/mol. The standard InChI is InChI=1S/C28H38NO4/c1-20-11-16-25(21(2)23-9-7-6-8-10-23)26(17-20)33-27(30)19-29(3,4)18-22-12-14-24(15-13-22)28(31)32-5/h6-10,12-15,20-21,25-26H,11,16-19H2,1-5H3/q+1/t20-,21-,25+,26-/m1/s1. The molecule has 1 aliphatic rings. The highest BCUT2D eigenvalue weighted by Gasteiger charge is 2.36. The molecule has 0 amide bonds. The van der Waals surface area contributed by atoms with E-state index in [2.05, 4.69) is 38.1 Å². The van der Waals surface area contributed by atoms with Crippen LogP contribution in [-0.4, -0.2) is 50.3 Å². The normalized spacial score (nSPS) is 21.8. The van der Waals surface area contributed by atoms with Gasteiger partial charge in [0.05, 0.1) is 26.8 Å². The van der Waals surface area contributed by atoms with Crippen LogP contribution in [0.2, 0.25) is 0 Å². The second-order valence-electron chi connectivity index (χ2n) is 10.3. The van der Waals surface area contributed by atoms with Gasteiger partial charge in [0, 0.05) is 11.5 Å². The van der Waals surface area contributed by atoms with E-state index in [-0.39, 0.29) is 18.0 Å². The summed E-state index contributed by atoms with van der Waals surface area (Å²) < 4.78 is 11.4. The van der Waals surface area contributed by atoms with Gasteiger partial charge in [0.1, 0.15) is 12.6 Å². The monoisotopic (exact) mass is 452 g/mol. The van der Waals surface area contributed by atoms with Crippen molar-refractivity contribution in [3.8, 4) is 0 Å². The number of carbonyl (C=O) groups is 2. The SMILES string of the molecule is COC(=O)c1ccc(C[N+](C)(C)CC(=O)O[C@@H]2C[C@H](C)CC[C@H]2[C@H](C)c2ccccc2)cc1. The van der Waals surface area contributed by atoms with Crippen LogP contribution in [0.3, 0.4) is 0 Å². The lowest BCUT2D eigenvalue weighted by Gasteiger charge is -2.38. The van der Waals surface area contributed by atoms with E-state index in [4.69, 9.17) is 9.47 Å². The highest BCUT2D eigenvalue weighted by atomic mass is 16.5. The minimum absolute atomic E-state index is 0.0456. The van der Waals surface area contributed by atoms with Crippen LogP contribution in [0, 0.1) is 11.8 Å². The zero-order valence-electron chi connectivity index (χ0n) is 20.6. The topological polar surface area (TPSA) is 52.6 Å². The Bertz CT molecular complexity index is 923. The molecule has 2 aromatic rings. The van der Waals surface area contributed by atoms with Crippen LogP contribution < -0.4 is 0 Å². The first kappa shape index (κ1) is 25.0. The fourth-order valence-corrected chi connectivity index (χ4v) is 5.03. The van der Waals surface area contributed by atoms with Gasteiger partial charge >= 0.3 is 11.9 Å². The molecule has 1 fully saturated rings. The van der Waals surface area contributed by atoms with E-state index in [1.165, 1.54) is 19.1 Å². The number of hydrogen-bond acceptors (Lipinski definition) is 4. The number of quaternary nitrogens is 1. The van der Waals surface area contributed by atoms with Crippen LogP contribution in [-0.2, 0) is 20.8 Å². The van der Waals surface area contributed by atoms with E-state index >= 15 is 0 Å². The molecule has 0 N–H and O–H groups in total. The summed E-state index contributed by atoms with van der Waals surface area (Å²) in [6.45, 7) is 5.48. The number of methoxy groups -OCH3 is 1. The molecule has 2 aromatic carbocycles. The predicted molar refractivity (Wildman–Crippen MR) is 130 cm³/mol. The third-order valence-electron chi connectivity index (χ3n) is 6.90. The summed E-state index contributed by atoms with van der Waals surface area (Å²) in [6, 6.07) is 17.9. The number of hydrogen-bond donors (Lipinski definition) is 0. The van der Waals surface area contributed by atoms with Crippen LogP contribution in [0.1, 0.15) is 60.5 Å². The number of rotatable bonds is 8. The van der Waals surface area contributed by atoms with E-state index in [9.17, 15) is 9.59 Å². The first-order valence-corrected chi connectivity index (χ1v) is 11.9. The fraction of sp³-hybridized carbons (Fsp3) is 0.500. The Morgan fingerprint density at radius 3 is 2.33 bits per heavy atom. The van der Waals surface area contributed by atoms with Crippen LogP contribution in [0.15, 0.2) is 54.6 Å². The van der Waals surface area contributed by atoms with E-state index in [0.29, 0.717) is 40.9 Å². The summed E-state index contributed by atoms with van der Waals surface area (Å²) in [5.74, 6) is 0.773. The van der Waals surface area contributed by atoms with Crippen LogP contribution >= 0.6 is 0 Å². The van der Waals surface area contributed by atoms with E-state index in [0.717, 1.165) is 18.4 Å². The molecule has 0 aliphatic heterocycles. The van der Waals surface area contributed by atoms with E-state index in [1.54, 1.807) is 12.1 Å². The van der Waals surface area contributed by atoms with Crippen molar-refractivity contribution in [1.82, 2.24) is 0 Å². The lowest BCUT2D eigenvalue weighted by molar-refractivity contribution is -0.896. The number of likely N-dealkylation sites (N-methyl/N-ethyl adjacent to an activating group) is 1. The van der Waals surface area contributed by atoms with Crippen LogP contribution in [0.4, 0.5) is 0 Å². The van der Waals surface area contributed by atoms with Gasteiger partial charge < -0.3 is 14.0 Å². The molecule has 178 valence electrons. The fourth-order valence-electron chi connectivity index (χ4n) is 5.03. The maximum atomic E-state index is 13.0. The number of carbonyl (C=O) groups excluding carboxylic acids is 2. The number of nitrogens with zero attached hydrogens (tertiary/aromatic N) is 1. The molecular formula is C28H38NO4+. The molecule has 0 saturated heterocycles. The molecule has 5 heteroatoms. The van der Waals surface area contributed by atoms with Gasteiger partial charge in [-0.2, -0.15) is 0 Å². The molecule has 0 radical (unpaired) electrons. The predicted octanol–water partition coefficient (Wildman–Crippen LogP) is 5.20. The molecule has 4 atom stereocenters. The van der Waals surface area contributed by atoms with Crippen LogP contribution in [0.25, 0.3) is 0 Å². The third-order valence-corrected chi connectivity index (χ3v) is 6.90. The molecule has 1 aliphatic carbocycles. The van der Waals surface area contributed by atoms with Gasteiger partial charge in [-0.05, 0) is 42.4 Å². The molecule has 1 saturated carbocycles. The highest BCUT2D eigenvalue weighted by Crippen LogP contribution is 2.39. The molecule has 0 heterocycles. The van der Waals surface area contributed by atoms with Crippen molar-refractivity contribution < 1.29 is 23.5 Å². The summed E-state index contributed by atoms with van der Waals surface area (Å²) >= 11 is 0. The molecule has 33 heavy (non-hydrogen) atoms. The van der Waals surface area contributed by atoms with Gasteiger partial charge in [-0.3, -0.25) is 0 Å². The Labute approximate surface area is 198 Å². The van der Waals surface area contributed by atoms with Gasteiger partial charge in [0.2, 0.25) is 0 Å². The zero-order chi connectivity index (χ0) is 24.0. The third kappa shape index (κ3) is 6.91. The van der Waals surface area contributed by atoms with Crippen molar-refractivity contribution in [2.75, 3.05) is 27.7 Å². The van der Waals surface area contributed by atoms with Gasteiger partial charge in [-0.15, -0.1) is 0 Å². The van der Waals surface area contributed by atoms with Gasteiger partial charge in [-0.25, -0.2) is 9.59 Å². The zero-order valence-corrected chi connectivity index (χ0v) is 20.6. The summed E-state index contributed by atoms with van der Waals surface area (Å²) in [5.41, 5.74) is 2.89. The van der Waals surface area contributed by atoms with Gasteiger partial charge in [0.15, 0.2) is 6.54 Å². The first-order chi connectivity index (χ1) is 15.7. The van der Waals surface area contributed by atoms with Crippen molar-refractivity contribution in [2.24, 2.45) is 11.8 Å². The van der Waals surface area contributed by atoms with Crippen molar-refractivity contribution in [3.63, 3.8) is 0 Å². The second kappa shape index (κ2) is 11.0. The largest absolute Gasteiger partial charge is 0.465 e. The van der Waals surface area contributed by atoms with Crippen molar-refractivity contribution >= 4 is 11.9 Å². The molecular weight excluding hydrogens is 414 g/mol. The quantitative estimate of drug-likeness (QED) is 0.408. The minimum atomic E-state index is -0.347. The van der Waals surface area contributed by atoms with E-state index < -0.39 is 0 Å². The Hall–Kier alpha value is -2.66. The summed E-state index contributed by atoms with van der Waals surface area (Å²) in [5, 5.41) is 0. The number of esters is 2. The lowest BCUT2D eigenvalue weighted by atomic mass is 9.73. The molecule has 0 unspecified atom stereocenters. The van der Waals surface area contributed by atoms with Gasteiger partial charge in [0.25, 0.3) is 0 Å². The smallest absolute Gasteiger partial charge is 0.362 e. The van der Waals surface area contributed by atoms with E-state index in [1.807, 2.05) is 32.3 Å². The van der Waals surface area contributed by atoms with Crippen LogP contribution in [0.5, 0.6) is 0 Å². The Balaban J connectivity index is 1.62. The Kier molecular flexibility index (Phi) is 8.30. The summed E-state index contributed by atoms with van der Waals surface area (Å²) in [6.07, 6.45) is 3.14. The molecule has 0 spiro atoms. The lowest BCUT2D eigenvalue weighted by Crippen LogP contribution is -2.45. The Morgan fingerprint density at radius 2 is 1.70 bits per heavy atom. The Morgan fingerprint density at radius 1 is 1.03 bits per heavy atom.